The molecule has 0 aromatic carbocycles. The van der Waals surface area contributed by atoms with Crippen LogP contribution in [0.3, 0.4) is 0 Å². The van der Waals surface area contributed by atoms with Crippen LogP contribution in [0, 0.1) is 11.3 Å². The number of ether oxygens (including phenoxy) is 1. The minimum Gasteiger partial charge on any atom is -0.423 e. The molecular weight excluding hydrogens is 228 g/mol. The smallest absolute Gasteiger partial charge is 0.161 e. The Morgan fingerprint density at radius 1 is 1.29 bits per heavy atom. The van der Waals surface area contributed by atoms with Crippen molar-refractivity contribution in [1.29, 1.82) is 0 Å². The molecule has 0 bridgehead atoms. The molecule has 2 nitrogen and oxygen atoms in total. The summed E-state index contributed by atoms with van der Waals surface area (Å²) in [6.07, 6.45) is 6.66. The summed E-state index contributed by atoms with van der Waals surface area (Å²) in [5.41, 5.74) is 0.387. The van der Waals surface area contributed by atoms with E-state index in [2.05, 4.69) is 20.8 Å². The van der Waals surface area contributed by atoms with Crippen LogP contribution in [-0.4, -0.2) is 29.6 Å². The Kier molecular flexibility index (Phi) is 7.40. The average Bonchev–Trinajstić information content (AvgIpc) is 2.31. The van der Waals surface area contributed by atoms with Crippen molar-refractivity contribution in [3.63, 3.8) is 0 Å². The van der Waals surface area contributed by atoms with Gasteiger partial charge in [-0.15, -0.1) is 0 Å². The fourth-order valence-electron chi connectivity index (χ4n) is 2.36. The fourth-order valence-corrected chi connectivity index (χ4v) is 4.14. The molecule has 3 heteroatoms. The van der Waals surface area contributed by atoms with Crippen LogP contribution < -0.4 is 0 Å². The number of rotatable bonds is 10. The van der Waals surface area contributed by atoms with E-state index in [-0.39, 0.29) is 9.76 Å². The molecule has 0 saturated carbocycles. The van der Waals surface area contributed by atoms with Crippen molar-refractivity contribution in [1.82, 2.24) is 0 Å². The highest BCUT2D eigenvalue weighted by molar-refractivity contribution is 6.27. The topological polar surface area (TPSA) is 18.5 Å². The van der Waals surface area contributed by atoms with Crippen LogP contribution in [0.2, 0.25) is 6.04 Å². The van der Waals surface area contributed by atoms with E-state index < -0.39 is 0 Å². The Hall–Kier alpha value is 0.137. The minimum absolute atomic E-state index is 0.295. The SMILES string of the molecule is CCCCC(CC)C[SiH2]OCC1(CC)COC1. The first-order valence-electron chi connectivity index (χ1n) is 7.41. The highest BCUT2D eigenvalue weighted by Crippen LogP contribution is 2.31. The molecule has 0 aromatic rings. The minimum atomic E-state index is -0.295. The van der Waals surface area contributed by atoms with Crippen LogP contribution in [0.4, 0.5) is 0 Å². The van der Waals surface area contributed by atoms with Gasteiger partial charge in [0, 0.05) is 12.0 Å². The zero-order chi connectivity index (χ0) is 12.6. The van der Waals surface area contributed by atoms with Crippen molar-refractivity contribution < 1.29 is 9.16 Å². The average molecular weight is 258 g/mol. The largest absolute Gasteiger partial charge is 0.423 e. The molecule has 1 aliphatic rings. The summed E-state index contributed by atoms with van der Waals surface area (Å²) >= 11 is 0. The van der Waals surface area contributed by atoms with Gasteiger partial charge in [-0.25, -0.2) is 0 Å². The van der Waals surface area contributed by atoms with Crippen molar-refractivity contribution in [2.45, 2.75) is 58.9 Å². The van der Waals surface area contributed by atoms with Crippen molar-refractivity contribution >= 4 is 9.76 Å². The highest BCUT2D eigenvalue weighted by atomic mass is 28.2. The second-order valence-electron chi connectivity index (χ2n) is 5.60. The predicted octanol–water partition coefficient (Wildman–Crippen LogP) is 3.15. The Morgan fingerprint density at radius 3 is 2.53 bits per heavy atom. The van der Waals surface area contributed by atoms with Gasteiger partial charge in [0.2, 0.25) is 0 Å². The maximum Gasteiger partial charge on any atom is 0.161 e. The summed E-state index contributed by atoms with van der Waals surface area (Å²) in [7, 11) is -0.295. The van der Waals surface area contributed by atoms with E-state index in [1.807, 2.05) is 0 Å². The Morgan fingerprint density at radius 2 is 2.06 bits per heavy atom. The molecule has 1 saturated heterocycles. The first-order chi connectivity index (χ1) is 8.26. The van der Waals surface area contributed by atoms with Crippen molar-refractivity contribution in [3.05, 3.63) is 0 Å². The maximum absolute atomic E-state index is 6.00. The number of unbranched alkanes of at least 4 members (excludes halogenated alkanes) is 1. The normalized spacial score (nSPS) is 20.6. The molecule has 1 atom stereocenters. The molecule has 1 heterocycles. The van der Waals surface area contributed by atoms with Crippen LogP contribution in [0.25, 0.3) is 0 Å². The third-order valence-corrected chi connectivity index (χ3v) is 5.73. The van der Waals surface area contributed by atoms with Crippen molar-refractivity contribution in [3.8, 4) is 0 Å². The third-order valence-electron chi connectivity index (χ3n) is 4.19. The molecular formula is C14H30O2Si. The monoisotopic (exact) mass is 258 g/mol. The Balaban J connectivity index is 2.05. The predicted molar refractivity (Wildman–Crippen MR) is 76.2 cm³/mol. The van der Waals surface area contributed by atoms with Gasteiger partial charge in [-0.05, 0) is 18.4 Å². The van der Waals surface area contributed by atoms with E-state index >= 15 is 0 Å². The second-order valence-corrected chi connectivity index (χ2v) is 7.00. The summed E-state index contributed by atoms with van der Waals surface area (Å²) in [5, 5.41) is 0. The molecule has 17 heavy (non-hydrogen) atoms. The van der Waals surface area contributed by atoms with E-state index in [1.165, 1.54) is 38.1 Å². The lowest BCUT2D eigenvalue weighted by atomic mass is 9.84. The molecule has 1 rings (SSSR count). The molecule has 102 valence electrons. The van der Waals surface area contributed by atoms with Gasteiger partial charge >= 0.3 is 0 Å². The molecule has 0 spiro atoms. The van der Waals surface area contributed by atoms with Crippen LogP contribution in [0.1, 0.15) is 52.9 Å². The first kappa shape index (κ1) is 15.2. The lowest BCUT2D eigenvalue weighted by Gasteiger charge is -2.40. The molecule has 1 aliphatic heterocycles. The van der Waals surface area contributed by atoms with E-state index in [9.17, 15) is 0 Å². The van der Waals surface area contributed by atoms with Crippen LogP contribution in [-0.2, 0) is 9.16 Å². The van der Waals surface area contributed by atoms with Crippen LogP contribution in [0.5, 0.6) is 0 Å². The van der Waals surface area contributed by atoms with Crippen molar-refractivity contribution in [2.75, 3.05) is 19.8 Å². The fraction of sp³-hybridized carbons (Fsp3) is 1.00. The molecule has 0 aromatic heterocycles. The van der Waals surface area contributed by atoms with Gasteiger partial charge in [0.05, 0.1) is 13.2 Å². The van der Waals surface area contributed by atoms with Crippen molar-refractivity contribution in [2.24, 2.45) is 11.3 Å². The number of hydrogen-bond donors (Lipinski definition) is 0. The highest BCUT2D eigenvalue weighted by Gasteiger charge is 2.36. The molecule has 1 fully saturated rings. The second kappa shape index (κ2) is 8.28. The Bertz CT molecular complexity index is 187. The van der Waals surface area contributed by atoms with Gasteiger partial charge < -0.3 is 9.16 Å². The summed E-state index contributed by atoms with van der Waals surface area (Å²) in [6, 6.07) is 1.37. The van der Waals surface area contributed by atoms with Crippen LogP contribution in [0.15, 0.2) is 0 Å². The van der Waals surface area contributed by atoms with Gasteiger partial charge in [0.1, 0.15) is 0 Å². The lowest BCUT2D eigenvalue weighted by molar-refractivity contribution is -0.133. The van der Waals surface area contributed by atoms with Crippen LogP contribution >= 0.6 is 0 Å². The summed E-state index contributed by atoms with van der Waals surface area (Å²) in [5.74, 6) is 0.928. The quantitative estimate of drug-likeness (QED) is 0.443. The summed E-state index contributed by atoms with van der Waals surface area (Å²) < 4.78 is 11.3. The molecule has 0 amide bonds. The lowest BCUT2D eigenvalue weighted by Crippen LogP contribution is -2.46. The molecule has 0 N–H and O–H groups in total. The van der Waals surface area contributed by atoms with E-state index in [4.69, 9.17) is 9.16 Å². The first-order valence-corrected chi connectivity index (χ1v) is 8.99. The summed E-state index contributed by atoms with van der Waals surface area (Å²) in [4.78, 5) is 0. The zero-order valence-corrected chi connectivity index (χ0v) is 13.4. The third kappa shape index (κ3) is 5.10. The van der Waals surface area contributed by atoms with E-state index in [0.717, 1.165) is 25.7 Å². The van der Waals surface area contributed by atoms with E-state index in [0.29, 0.717) is 5.41 Å². The van der Waals surface area contributed by atoms with Gasteiger partial charge in [0.25, 0.3) is 0 Å². The number of hydrogen-bond acceptors (Lipinski definition) is 2. The summed E-state index contributed by atoms with van der Waals surface area (Å²) in [6.45, 7) is 9.66. The molecule has 1 unspecified atom stereocenters. The maximum atomic E-state index is 6.00. The van der Waals surface area contributed by atoms with Gasteiger partial charge in [-0.3, -0.25) is 0 Å². The Labute approximate surface area is 109 Å². The molecule has 0 aliphatic carbocycles. The van der Waals surface area contributed by atoms with E-state index in [1.54, 1.807) is 0 Å². The van der Waals surface area contributed by atoms with Gasteiger partial charge in [0.15, 0.2) is 9.76 Å². The van der Waals surface area contributed by atoms with Gasteiger partial charge in [-0.2, -0.15) is 0 Å². The van der Waals surface area contributed by atoms with Gasteiger partial charge in [-0.1, -0.05) is 46.5 Å². The zero-order valence-electron chi connectivity index (χ0n) is 12.0. The standard InChI is InChI=1S/C14H30O2Si/c1-4-7-8-13(5-2)9-17-16-12-14(6-3)10-15-11-14/h13H,4-12,17H2,1-3H3. The molecule has 0 radical (unpaired) electrons.